The summed E-state index contributed by atoms with van der Waals surface area (Å²) >= 11 is 0. The fraction of sp³-hybridized carbons (Fsp3) is 0.667. The summed E-state index contributed by atoms with van der Waals surface area (Å²) in [6, 6.07) is 0. The first kappa shape index (κ1) is 16.1. The Balaban J connectivity index is 5.14. The van der Waals surface area contributed by atoms with Crippen LogP contribution in [0.5, 0.6) is 0 Å². The van der Waals surface area contributed by atoms with Gasteiger partial charge in [0.15, 0.2) is 0 Å². The lowest BCUT2D eigenvalue weighted by Gasteiger charge is -2.05. The first-order chi connectivity index (χ1) is 7.56. The molecule has 0 spiro atoms. The molecule has 4 nitrogen and oxygen atoms in total. The lowest BCUT2D eigenvalue weighted by molar-refractivity contribution is -0.165. The fourth-order valence-corrected chi connectivity index (χ4v) is 1.58. The Morgan fingerprint density at radius 3 is 2.29 bits per heavy atom. The van der Waals surface area contributed by atoms with Crippen LogP contribution < -0.4 is 0 Å². The number of allylic oxidation sites excluding steroid dienone is 1. The molecular formula is C9H14F3NO3S. The zero-order chi connectivity index (χ0) is 13.7. The number of alkyl halides is 3. The number of hydrogen-bond acceptors (Lipinski definition) is 4. The van der Waals surface area contributed by atoms with E-state index in [9.17, 15) is 22.2 Å². The largest absolute Gasteiger partial charge is 0.454 e. The van der Waals surface area contributed by atoms with Crippen molar-refractivity contribution >= 4 is 15.5 Å². The number of rotatable bonds is 5. The molecule has 0 aromatic rings. The van der Waals surface area contributed by atoms with Gasteiger partial charge in [-0.15, -0.1) is 0 Å². The van der Waals surface area contributed by atoms with Crippen molar-refractivity contribution in [3.63, 3.8) is 0 Å². The quantitative estimate of drug-likeness (QED) is 0.717. The topological polar surface area (TPSA) is 55.7 Å². The van der Waals surface area contributed by atoms with E-state index >= 15 is 0 Å². The summed E-state index contributed by atoms with van der Waals surface area (Å²) < 4.78 is 55.7. The van der Waals surface area contributed by atoms with Crippen molar-refractivity contribution in [1.29, 1.82) is 0 Å². The Kier molecular flexibility index (Phi) is 5.83. The summed E-state index contributed by atoms with van der Waals surface area (Å²) in [6.07, 6.45) is -2.06. The zero-order valence-electron chi connectivity index (χ0n) is 9.71. The van der Waals surface area contributed by atoms with Crippen LogP contribution in [0, 0.1) is 0 Å². The van der Waals surface area contributed by atoms with Crippen molar-refractivity contribution in [1.82, 2.24) is 0 Å². The predicted octanol–water partition coefficient (Wildman–Crippen LogP) is 1.77. The van der Waals surface area contributed by atoms with Crippen LogP contribution in [0.4, 0.5) is 13.2 Å². The van der Waals surface area contributed by atoms with E-state index in [1.54, 1.807) is 0 Å². The molecule has 0 aliphatic carbocycles. The second-order valence-corrected chi connectivity index (χ2v) is 6.06. The molecule has 0 rings (SSSR count). The van der Waals surface area contributed by atoms with Crippen molar-refractivity contribution in [2.45, 2.75) is 12.6 Å². The Labute approximate surface area is 98.0 Å². The maximum Gasteiger partial charge on any atom is 0.454 e. The Morgan fingerprint density at radius 2 is 1.94 bits per heavy atom. The Morgan fingerprint density at radius 1 is 1.41 bits per heavy atom. The molecule has 0 atom stereocenters. The van der Waals surface area contributed by atoms with E-state index in [1.807, 2.05) is 0 Å². The normalized spacial score (nSPS) is 13.6. The number of nitrogens with zero attached hydrogens (tertiary/aromatic N) is 1. The highest BCUT2D eigenvalue weighted by Crippen LogP contribution is 2.19. The summed E-state index contributed by atoms with van der Waals surface area (Å²) in [6.45, 7) is 0.0932. The van der Waals surface area contributed by atoms with Crippen molar-refractivity contribution < 1.29 is 26.9 Å². The number of methoxy groups -OCH3 is 1. The number of ketones is 1. The number of carbonyl (C=O) groups is 1. The van der Waals surface area contributed by atoms with Gasteiger partial charge < -0.3 is 4.74 Å². The molecule has 0 saturated carbocycles. The van der Waals surface area contributed by atoms with Crippen LogP contribution in [0.1, 0.15) is 6.42 Å². The van der Waals surface area contributed by atoms with Crippen LogP contribution in [0.2, 0.25) is 0 Å². The minimum Gasteiger partial charge on any atom is -0.384 e. The Bertz CT molecular complexity index is 412. The van der Waals surface area contributed by atoms with Gasteiger partial charge in [0.1, 0.15) is 0 Å². The lowest BCUT2D eigenvalue weighted by atomic mass is 10.2. The van der Waals surface area contributed by atoms with Crippen LogP contribution in [0.3, 0.4) is 0 Å². The summed E-state index contributed by atoms with van der Waals surface area (Å²) in [5.74, 6) is -2.02. The second kappa shape index (κ2) is 6.15. The van der Waals surface area contributed by atoms with Gasteiger partial charge in [0.05, 0.1) is 12.3 Å². The smallest absolute Gasteiger partial charge is 0.384 e. The molecule has 0 aromatic heterocycles. The van der Waals surface area contributed by atoms with Gasteiger partial charge in [0, 0.05) is 41.8 Å². The molecule has 0 unspecified atom stereocenters. The van der Waals surface area contributed by atoms with Gasteiger partial charge in [0.2, 0.25) is 0 Å². The third kappa shape index (κ3) is 7.92. The van der Waals surface area contributed by atoms with Crippen molar-refractivity contribution in [3.05, 3.63) is 11.8 Å². The van der Waals surface area contributed by atoms with E-state index < -0.39 is 21.7 Å². The molecule has 0 aliphatic rings. The molecule has 100 valence electrons. The van der Waals surface area contributed by atoms with Gasteiger partial charge in [-0.2, -0.15) is 13.2 Å². The molecule has 8 heteroatoms. The van der Waals surface area contributed by atoms with E-state index in [0.717, 1.165) is 0 Å². The highest BCUT2D eigenvalue weighted by atomic mass is 32.2. The molecule has 0 N–H and O–H groups in total. The summed E-state index contributed by atoms with van der Waals surface area (Å²) in [5, 5.41) is 0. The molecule has 17 heavy (non-hydrogen) atoms. The van der Waals surface area contributed by atoms with Gasteiger partial charge in [-0.1, -0.05) is 0 Å². The van der Waals surface area contributed by atoms with Crippen LogP contribution in [-0.4, -0.2) is 42.4 Å². The summed E-state index contributed by atoms with van der Waals surface area (Å²) in [7, 11) is -1.25. The van der Waals surface area contributed by atoms with Gasteiger partial charge in [0.25, 0.3) is 5.78 Å². The highest BCUT2D eigenvalue weighted by Gasteiger charge is 2.36. The SMILES string of the molecule is COCC/C(=C\C(=O)C(F)(F)F)N=S(C)(C)=O. The predicted molar refractivity (Wildman–Crippen MR) is 58.1 cm³/mol. The zero-order valence-corrected chi connectivity index (χ0v) is 10.5. The number of hydrogen-bond donors (Lipinski definition) is 0. The van der Waals surface area contributed by atoms with E-state index in [-0.39, 0.29) is 18.7 Å². The van der Waals surface area contributed by atoms with Crippen molar-refractivity contribution in [2.75, 3.05) is 26.2 Å². The third-order valence-corrected chi connectivity index (χ3v) is 2.15. The maximum atomic E-state index is 12.0. The van der Waals surface area contributed by atoms with E-state index in [1.165, 1.54) is 19.6 Å². The van der Waals surface area contributed by atoms with Gasteiger partial charge >= 0.3 is 6.18 Å². The maximum absolute atomic E-state index is 12.0. The molecule has 0 aromatic carbocycles. The minimum absolute atomic E-state index is 0.00299. The molecule has 0 saturated heterocycles. The summed E-state index contributed by atoms with van der Waals surface area (Å²) in [4.78, 5) is 10.7. The first-order valence-electron chi connectivity index (χ1n) is 4.54. The lowest BCUT2D eigenvalue weighted by Crippen LogP contribution is -2.20. The average molecular weight is 273 g/mol. The summed E-state index contributed by atoms with van der Waals surface area (Å²) in [5.41, 5.74) is -0.177. The highest BCUT2D eigenvalue weighted by molar-refractivity contribution is 7.92. The molecule has 0 amide bonds. The molecule has 0 aliphatic heterocycles. The van der Waals surface area contributed by atoms with Crippen molar-refractivity contribution in [3.8, 4) is 0 Å². The average Bonchev–Trinajstić information content (AvgIpc) is 2.10. The van der Waals surface area contributed by atoms with Gasteiger partial charge in [-0.25, -0.2) is 8.57 Å². The number of ether oxygens (including phenoxy) is 1. The first-order valence-corrected chi connectivity index (χ1v) is 6.87. The van der Waals surface area contributed by atoms with Crippen LogP contribution in [0.25, 0.3) is 0 Å². The van der Waals surface area contributed by atoms with Gasteiger partial charge in [-0.3, -0.25) is 4.79 Å². The van der Waals surface area contributed by atoms with E-state index in [4.69, 9.17) is 0 Å². The number of halogens is 3. The molecule has 0 radical (unpaired) electrons. The fourth-order valence-electron chi connectivity index (χ4n) is 0.866. The van der Waals surface area contributed by atoms with Crippen LogP contribution in [0.15, 0.2) is 16.1 Å². The standard InChI is InChI=1S/C9H14F3NO3S/c1-16-5-4-7(13-17(2,3)15)6-8(14)9(10,11)12/h6H,4-5H2,1-3H3/b7-6+. The Hall–Kier alpha value is -0.890. The minimum atomic E-state index is -4.95. The van der Waals surface area contributed by atoms with Crippen molar-refractivity contribution in [2.24, 2.45) is 4.36 Å². The molecule has 0 heterocycles. The van der Waals surface area contributed by atoms with Crippen LogP contribution in [-0.2, 0) is 19.3 Å². The van der Waals surface area contributed by atoms with E-state index in [0.29, 0.717) is 6.08 Å². The van der Waals surface area contributed by atoms with Gasteiger partial charge in [-0.05, 0) is 0 Å². The third-order valence-electron chi connectivity index (χ3n) is 1.48. The molecular weight excluding hydrogens is 259 g/mol. The number of carbonyl (C=O) groups excluding carboxylic acids is 1. The van der Waals surface area contributed by atoms with Crippen LogP contribution >= 0.6 is 0 Å². The monoisotopic (exact) mass is 273 g/mol. The molecule has 0 bridgehead atoms. The second-order valence-electron chi connectivity index (χ2n) is 3.51. The molecule has 0 fully saturated rings. The van der Waals surface area contributed by atoms with E-state index in [2.05, 4.69) is 9.10 Å².